The van der Waals surface area contributed by atoms with Crippen LogP contribution in [0.15, 0.2) is 6.07 Å². The number of nitrogens with zero attached hydrogens (tertiary/aromatic N) is 3. The highest BCUT2D eigenvalue weighted by molar-refractivity contribution is 5.53. The summed E-state index contributed by atoms with van der Waals surface area (Å²) < 4.78 is 5.77. The molecule has 0 bridgehead atoms. The fraction of sp³-hybridized carbons (Fsp3) is 0.714. The first-order chi connectivity index (χ1) is 9.70. The zero-order valence-electron chi connectivity index (χ0n) is 12.0. The van der Waals surface area contributed by atoms with Gasteiger partial charge in [0, 0.05) is 32.3 Å². The van der Waals surface area contributed by atoms with Gasteiger partial charge in [-0.15, -0.1) is 0 Å². The number of nitrogen functional groups attached to an aromatic ring is 1. The van der Waals surface area contributed by atoms with Crippen LogP contribution in [-0.4, -0.2) is 42.3 Å². The van der Waals surface area contributed by atoms with Crippen molar-refractivity contribution in [2.75, 3.05) is 36.1 Å². The molecule has 2 aliphatic rings. The van der Waals surface area contributed by atoms with Crippen molar-refractivity contribution in [2.24, 2.45) is 0 Å². The van der Waals surface area contributed by atoms with Crippen molar-refractivity contribution in [2.45, 2.75) is 44.2 Å². The molecule has 1 aromatic heterocycles. The van der Waals surface area contributed by atoms with Crippen LogP contribution in [0, 0.1) is 0 Å². The van der Waals surface area contributed by atoms with Gasteiger partial charge in [-0.3, -0.25) is 0 Å². The molecular weight excluding hydrogens is 254 g/mol. The van der Waals surface area contributed by atoms with Gasteiger partial charge < -0.3 is 20.7 Å². The molecule has 20 heavy (non-hydrogen) atoms. The van der Waals surface area contributed by atoms with E-state index in [9.17, 15) is 0 Å². The molecular formula is C14H23N5O. The van der Waals surface area contributed by atoms with Gasteiger partial charge in [-0.2, -0.15) is 9.97 Å². The molecule has 0 amide bonds. The molecule has 6 nitrogen and oxygen atoms in total. The molecule has 1 unspecified atom stereocenters. The number of rotatable bonds is 5. The summed E-state index contributed by atoms with van der Waals surface area (Å²) in [6.07, 6.45) is 6.27. The van der Waals surface area contributed by atoms with E-state index >= 15 is 0 Å². The molecule has 3 N–H and O–H groups in total. The van der Waals surface area contributed by atoms with Crippen LogP contribution in [0.1, 0.15) is 32.1 Å². The molecule has 110 valence electrons. The van der Waals surface area contributed by atoms with Gasteiger partial charge in [0.1, 0.15) is 11.6 Å². The molecule has 0 aromatic carbocycles. The third-order valence-corrected chi connectivity index (χ3v) is 3.80. The summed E-state index contributed by atoms with van der Waals surface area (Å²) in [7, 11) is 2.03. The van der Waals surface area contributed by atoms with E-state index in [0.29, 0.717) is 18.1 Å². The lowest BCUT2D eigenvalue weighted by Crippen LogP contribution is -2.34. The number of anilines is 3. The minimum Gasteiger partial charge on any atom is -0.376 e. The largest absolute Gasteiger partial charge is 0.376 e. The summed E-state index contributed by atoms with van der Waals surface area (Å²) in [5.41, 5.74) is 5.81. The Kier molecular flexibility index (Phi) is 3.91. The molecule has 1 saturated heterocycles. The predicted molar refractivity (Wildman–Crippen MR) is 80.0 cm³/mol. The fourth-order valence-electron chi connectivity index (χ4n) is 2.51. The average molecular weight is 277 g/mol. The zero-order valence-corrected chi connectivity index (χ0v) is 12.0. The molecule has 2 fully saturated rings. The lowest BCUT2D eigenvalue weighted by atomic mass is 10.1. The van der Waals surface area contributed by atoms with Gasteiger partial charge in [-0.05, 0) is 32.1 Å². The van der Waals surface area contributed by atoms with Gasteiger partial charge in [0.05, 0.1) is 6.10 Å². The Morgan fingerprint density at radius 3 is 2.90 bits per heavy atom. The smallest absolute Gasteiger partial charge is 0.223 e. The van der Waals surface area contributed by atoms with Crippen molar-refractivity contribution >= 4 is 17.6 Å². The first-order valence-electron chi connectivity index (χ1n) is 7.44. The third-order valence-electron chi connectivity index (χ3n) is 3.80. The van der Waals surface area contributed by atoms with Gasteiger partial charge in [-0.25, -0.2) is 0 Å². The van der Waals surface area contributed by atoms with Gasteiger partial charge in [0.2, 0.25) is 5.95 Å². The van der Waals surface area contributed by atoms with Crippen LogP contribution < -0.4 is 16.0 Å². The molecule has 0 spiro atoms. The van der Waals surface area contributed by atoms with Gasteiger partial charge >= 0.3 is 0 Å². The highest BCUT2D eigenvalue weighted by Gasteiger charge is 2.22. The van der Waals surface area contributed by atoms with Crippen molar-refractivity contribution in [3.05, 3.63) is 6.07 Å². The molecule has 3 rings (SSSR count). The standard InChI is InChI=1S/C14H23N5O/c1-19(9-11-4-2-3-7-20-11)13-8-12(16-10-5-6-10)17-14(15)18-13/h8,10-11H,2-7,9H2,1H3,(H3,15,16,17,18). The predicted octanol–water partition coefficient (Wildman–Crippen LogP) is 1.64. The van der Waals surface area contributed by atoms with E-state index in [0.717, 1.165) is 31.2 Å². The van der Waals surface area contributed by atoms with E-state index in [4.69, 9.17) is 10.5 Å². The van der Waals surface area contributed by atoms with Crippen molar-refractivity contribution < 1.29 is 4.74 Å². The molecule has 1 saturated carbocycles. The first-order valence-corrected chi connectivity index (χ1v) is 7.44. The van der Waals surface area contributed by atoms with E-state index in [-0.39, 0.29) is 0 Å². The molecule has 1 aromatic rings. The topological polar surface area (TPSA) is 76.3 Å². The van der Waals surface area contributed by atoms with Crippen LogP contribution in [-0.2, 0) is 4.74 Å². The molecule has 2 heterocycles. The minimum absolute atomic E-state index is 0.296. The summed E-state index contributed by atoms with van der Waals surface area (Å²) in [4.78, 5) is 10.7. The van der Waals surface area contributed by atoms with E-state index in [1.807, 2.05) is 13.1 Å². The molecule has 1 aliphatic carbocycles. The van der Waals surface area contributed by atoms with Crippen LogP contribution in [0.5, 0.6) is 0 Å². The highest BCUT2D eigenvalue weighted by Crippen LogP contribution is 2.26. The lowest BCUT2D eigenvalue weighted by molar-refractivity contribution is 0.0215. The minimum atomic E-state index is 0.296. The fourth-order valence-corrected chi connectivity index (χ4v) is 2.51. The second-order valence-corrected chi connectivity index (χ2v) is 5.76. The maximum absolute atomic E-state index is 5.81. The number of nitrogens with one attached hydrogen (secondary N) is 1. The Hall–Kier alpha value is -1.56. The maximum atomic E-state index is 5.81. The molecule has 6 heteroatoms. The summed E-state index contributed by atoms with van der Waals surface area (Å²) in [6.45, 7) is 1.72. The highest BCUT2D eigenvalue weighted by atomic mass is 16.5. The van der Waals surface area contributed by atoms with Crippen LogP contribution >= 0.6 is 0 Å². The summed E-state index contributed by atoms with van der Waals surface area (Å²) in [6, 6.07) is 2.53. The number of hydrogen-bond donors (Lipinski definition) is 2. The van der Waals surface area contributed by atoms with E-state index in [1.165, 1.54) is 25.7 Å². The Balaban J connectivity index is 1.65. The van der Waals surface area contributed by atoms with Crippen LogP contribution in [0.4, 0.5) is 17.6 Å². The van der Waals surface area contributed by atoms with Crippen molar-refractivity contribution in [1.82, 2.24) is 9.97 Å². The molecule has 0 radical (unpaired) electrons. The van der Waals surface area contributed by atoms with Crippen molar-refractivity contribution in [3.63, 3.8) is 0 Å². The van der Waals surface area contributed by atoms with E-state index < -0.39 is 0 Å². The first kappa shape index (κ1) is 13.4. The van der Waals surface area contributed by atoms with E-state index in [2.05, 4.69) is 20.2 Å². The Labute approximate surface area is 119 Å². The summed E-state index contributed by atoms with van der Waals surface area (Å²) >= 11 is 0. The van der Waals surface area contributed by atoms with Crippen LogP contribution in [0.25, 0.3) is 0 Å². The number of hydrogen-bond acceptors (Lipinski definition) is 6. The van der Waals surface area contributed by atoms with Crippen LogP contribution in [0.3, 0.4) is 0 Å². The number of likely N-dealkylation sites (N-methyl/N-ethyl adjacent to an activating group) is 1. The quantitative estimate of drug-likeness (QED) is 0.852. The SMILES string of the molecule is CN(CC1CCCCO1)c1cc(NC2CC2)nc(N)n1. The monoisotopic (exact) mass is 277 g/mol. The Morgan fingerprint density at radius 1 is 1.35 bits per heavy atom. The number of nitrogens with two attached hydrogens (primary N) is 1. The zero-order chi connectivity index (χ0) is 13.9. The van der Waals surface area contributed by atoms with E-state index in [1.54, 1.807) is 0 Å². The van der Waals surface area contributed by atoms with Gasteiger partial charge in [0.15, 0.2) is 0 Å². The van der Waals surface area contributed by atoms with Crippen molar-refractivity contribution in [1.29, 1.82) is 0 Å². The Bertz CT molecular complexity index is 457. The average Bonchev–Trinajstić information content (AvgIpc) is 3.23. The normalized spacial score (nSPS) is 22.6. The second kappa shape index (κ2) is 5.83. The van der Waals surface area contributed by atoms with Crippen molar-refractivity contribution in [3.8, 4) is 0 Å². The molecule has 1 aliphatic heterocycles. The number of aromatic nitrogens is 2. The molecule has 1 atom stereocenters. The summed E-state index contributed by atoms with van der Waals surface area (Å²) in [5.74, 6) is 2.00. The lowest BCUT2D eigenvalue weighted by Gasteiger charge is -2.28. The second-order valence-electron chi connectivity index (χ2n) is 5.76. The summed E-state index contributed by atoms with van der Waals surface area (Å²) in [5, 5.41) is 3.37. The van der Waals surface area contributed by atoms with Gasteiger partial charge in [0.25, 0.3) is 0 Å². The van der Waals surface area contributed by atoms with Gasteiger partial charge in [-0.1, -0.05) is 0 Å². The van der Waals surface area contributed by atoms with Crippen LogP contribution in [0.2, 0.25) is 0 Å². The maximum Gasteiger partial charge on any atom is 0.223 e. The number of ether oxygens (including phenoxy) is 1. The third kappa shape index (κ3) is 3.50. The Morgan fingerprint density at radius 2 is 2.20 bits per heavy atom.